The smallest absolute Gasteiger partial charge is 0.222 e. The molecule has 1 N–H and O–H groups in total. The van der Waals surface area contributed by atoms with E-state index in [0.717, 1.165) is 75.5 Å². The standard InChI is InChI=1S/C29H40N2O4/c1-23-10-11-27(24(2)19-23)35-22-29(33)12-5-14-30(17-13-29)21-25-7-3-8-26(20-25)34-18-6-16-31-15-4-9-28(31)32/h3,7-8,10-11,19-20,33H,4-6,9,12-18,21-22H2,1-2H3/t29-/m0/s1. The molecule has 0 spiro atoms. The Morgan fingerprint density at radius 1 is 1.00 bits per heavy atom. The van der Waals surface area contributed by atoms with Gasteiger partial charge in [0.15, 0.2) is 0 Å². The van der Waals surface area contributed by atoms with Crippen LogP contribution in [0.5, 0.6) is 11.5 Å². The van der Waals surface area contributed by atoms with Crippen molar-refractivity contribution >= 4 is 5.91 Å². The number of nitrogens with zero attached hydrogens (tertiary/aromatic N) is 2. The van der Waals surface area contributed by atoms with E-state index in [2.05, 4.69) is 30.0 Å². The van der Waals surface area contributed by atoms with Crippen LogP contribution in [0.15, 0.2) is 42.5 Å². The summed E-state index contributed by atoms with van der Waals surface area (Å²) in [5, 5.41) is 11.2. The van der Waals surface area contributed by atoms with Crippen LogP contribution in [0.4, 0.5) is 0 Å². The molecule has 0 radical (unpaired) electrons. The van der Waals surface area contributed by atoms with Crippen LogP contribution in [-0.2, 0) is 11.3 Å². The van der Waals surface area contributed by atoms with E-state index in [-0.39, 0.29) is 5.91 Å². The third-order valence-electron chi connectivity index (χ3n) is 7.15. The number of carbonyl (C=O) groups is 1. The van der Waals surface area contributed by atoms with Crippen LogP contribution in [0.1, 0.15) is 55.2 Å². The first-order chi connectivity index (χ1) is 16.9. The van der Waals surface area contributed by atoms with Gasteiger partial charge in [0.05, 0.1) is 12.2 Å². The summed E-state index contributed by atoms with van der Waals surface area (Å²) in [6.45, 7) is 9.37. The minimum Gasteiger partial charge on any atom is -0.494 e. The van der Waals surface area contributed by atoms with Crippen molar-refractivity contribution in [2.75, 3.05) is 39.4 Å². The molecule has 0 unspecified atom stereocenters. The number of benzene rings is 2. The van der Waals surface area contributed by atoms with Crippen molar-refractivity contribution in [3.8, 4) is 11.5 Å². The third-order valence-corrected chi connectivity index (χ3v) is 7.15. The summed E-state index contributed by atoms with van der Waals surface area (Å²) in [6, 6.07) is 14.4. The van der Waals surface area contributed by atoms with Crippen molar-refractivity contribution in [1.29, 1.82) is 0 Å². The van der Waals surface area contributed by atoms with Crippen LogP contribution in [0.25, 0.3) is 0 Å². The zero-order valence-corrected chi connectivity index (χ0v) is 21.3. The summed E-state index contributed by atoms with van der Waals surface area (Å²) >= 11 is 0. The molecule has 0 aromatic heterocycles. The van der Waals surface area contributed by atoms with Crippen molar-refractivity contribution in [3.63, 3.8) is 0 Å². The number of aliphatic hydroxyl groups is 1. The molecule has 6 nitrogen and oxygen atoms in total. The molecule has 2 heterocycles. The molecule has 0 bridgehead atoms. The number of aryl methyl sites for hydroxylation is 2. The highest BCUT2D eigenvalue weighted by molar-refractivity contribution is 5.77. The average Bonchev–Trinajstić information content (AvgIpc) is 3.15. The van der Waals surface area contributed by atoms with Gasteiger partial charge in [0.25, 0.3) is 0 Å². The van der Waals surface area contributed by atoms with Crippen molar-refractivity contribution in [3.05, 3.63) is 59.2 Å². The number of hydrogen-bond donors (Lipinski definition) is 1. The number of carbonyl (C=O) groups excluding carboxylic acids is 1. The molecule has 0 aliphatic carbocycles. The van der Waals surface area contributed by atoms with E-state index in [1.54, 1.807) is 0 Å². The fourth-order valence-electron chi connectivity index (χ4n) is 5.09. The second-order valence-corrected chi connectivity index (χ2v) is 10.2. The highest BCUT2D eigenvalue weighted by Gasteiger charge is 2.31. The van der Waals surface area contributed by atoms with Crippen LogP contribution < -0.4 is 9.47 Å². The highest BCUT2D eigenvalue weighted by atomic mass is 16.5. The van der Waals surface area contributed by atoms with Crippen LogP contribution in [0.3, 0.4) is 0 Å². The van der Waals surface area contributed by atoms with Gasteiger partial charge in [-0.3, -0.25) is 9.69 Å². The van der Waals surface area contributed by atoms with E-state index in [9.17, 15) is 9.90 Å². The Bertz CT molecular complexity index is 994. The van der Waals surface area contributed by atoms with Crippen LogP contribution in [0, 0.1) is 13.8 Å². The zero-order chi connectivity index (χ0) is 24.7. The van der Waals surface area contributed by atoms with Crippen LogP contribution in [-0.4, -0.2) is 65.8 Å². The van der Waals surface area contributed by atoms with Gasteiger partial charge < -0.3 is 19.5 Å². The Morgan fingerprint density at radius 2 is 1.89 bits per heavy atom. The van der Waals surface area contributed by atoms with Crippen LogP contribution in [0.2, 0.25) is 0 Å². The monoisotopic (exact) mass is 480 g/mol. The van der Waals surface area contributed by atoms with Gasteiger partial charge in [0.1, 0.15) is 18.1 Å². The summed E-state index contributed by atoms with van der Waals surface area (Å²) in [5.41, 5.74) is 2.74. The molecular formula is C29H40N2O4. The van der Waals surface area contributed by atoms with Crippen molar-refractivity contribution in [1.82, 2.24) is 9.80 Å². The summed E-state index contributed by atoms with van der Waals surface area (Å²) in [4.78, 5) is 16.1. The molecule has 2 fully saturated rings. The number of amides is 1. The third kappa shape index (κ3) is 7.45. The summed E-state index contributed by atoms with van der Waals surface area (Å²) in [6.07, 6.45) is 4.91. The van der Waals surface area contributed by atoms with Gasteiger partial charge in [-0.2, -0.15) is 0 Å². The molecule has 2 aromatic carbocycles. The SMILES string of the molecule is Cc1ccc(OC[C@]2(O)CCCN(Cc3cccc(OCCCN4CCCC4=O)c3)CC2)c(C)c1. The highest BCUT2D eigenvalue weighted by Crippen LogP contribution is 2.27. The Labute approximate surface area is 209 Å². The second kappa shape index (κ2) is 11.9. The zero-order valence-electron chi connectivity index (χ0n) is 21.3. The van der Waals surface area contributed by atoms with E-state index < -0.39 is 5.60 Å². The topological polar surface area (TPSA) is 62.2 Å². The first-order valence-electron chi connectivity index (χ1n) is 13.0. The first kappa shape index (κ1) is 25.5. The van der Waals surface area contributed by atoms with Gasteiger partial charge >= 0.3 is 0 Å². The van der Waals surface area contributed by atoms with Crippen molar-refractivity contribution in [2.45, 2.75) is 64.5 Å². The quantitative estimate of drug-likeness (QED) is 0.508. The fourth-order valence-corrected chi connectivity index (χ4v) is 5.09. The molecule has 2 aliphatic heterocycles. The molecular weight excluding hydrogens is 440 g/mol. The minimum absolute atomic E-state index is 0.271. The lowest BCUT2D eigenvalue weighted by molar-refractivity contribution is -0.127. The lowest BCUT2D eigenvalue weighted by Crippen LogP contribution is -2.37. The van der Waals surface area contributed by atoms with Crippen molar-refractivity contribution < 1.29 is 19.4 Å². The minimum atomic E-state index is -0.798. The van der Waals surface area contributed by atoms with E-state index in [1.165, 1.54) is 11.1 Å². The molecule has 6 heteroatoms. The van der Waals surface area contributed by atoms with Gasteiger partial charge in [-0.15, -0.1) is 0 Å². The maximum absolute atomic E-state index is 11.7. The molecule has 1 atom stereocenters. The maximum Gasteiger partial charge on any atom is 0.222 e. The Morgan fingerprint density at radius 3 is 2.69 bits per heavy atom. The van der Waals surface area contributed by atoms with Gasteiger partial charge in [0, 0.05) is 32.6 Å². The first-order valence-corrected chi connectivity index (χ1v) is 13.0. The molecule has 1 amide bonds. The number of rotatable bonds is 10. The second-order valence-electron chi connectivity index (χ2n) is 10.2. The molecule has 4 rings (SSSR count). The van der Waals surface area contributed by atoms with E-state index >= 15 is 0 Å². The summed E-state index contributed by atoms with van der Waals surface area (Å²) < 4.78 is 12.0. The maximum atomic E-state index is 11.7. The van der Waals surface area contributed by atoms with Gasteiger partial charge in [-0.1, -0.05) is 29.8 Å². The van der Waals surface area contributed by atoms with E-state index in [1.807, 2.05) is 36.1 Å². The van der Waals surface area contributed by atoms with Gasteiger partial charge in [-0.25, -0.2) is 0 Å². The van der Waals surface area contributed by atoms with E-state index in [4.69, 9.17) is 9.47 Å². The molecule has 190 valence electrons. The fraction of sp³-hybridized carbons (Fsp3) is 0.552. The number of hydrogen-bond acceptors (Lipinski definition) is 5. The molecule has 2 aliphatic rings. The largest absolute Gasteiger partial charge is 0.494 e. The number of likely N-dealkylation sites (tertiary alicyclic amines) is 2. The normalized spacial score (nSPS) is 21.2. The summed E-state index contributed by atoms with van der Waals surface area (Å²) in [7, 11) is 0. The predicted molar refractivity (Wildman–Crippen MR) is 138 cm³/mol. The van der Waals surface area contributed by atoms with Gasteiger partial charge in [0.2, 0.25) is 5.91 Å². The average molecular weight is 481 g/mol. The lowest BCUT2D eigenvalue weighted by Gasteiger charge is -2.27. The molecule has 2 saturated heterocycles. The van der Waals surface area contributed by atoms with Crippen molar-refractivity contribution in [2.24, 2.45) is 0 Å². The summed E-state index contributed by atoms with van der Waals surface area (Å²) in [5.74, 6) is 2.01. The Hall–Kier alpha value is -2.57. The molecule has 35 heavy (non-hydrogen) atoms. The van der Waals surface area contributed by atoms with Crippen LogP contribution >= 0.6 is 0 Å². The Kier molecular flexibility index (Phi) is 8.69. The Balaban J connectivity index is 1.22. The predicted octanol–water partition coefficient (Wildman–Crippen LogP) is 4.49. The molecule has 2 aromatic rings. The lowest BCUT2D eigenvalue weighted by atomic mass is 9.96. The number of ether oxygens (including phenoxy) is 2. The molecule has 0 saturated carbocycles. The van der Waals surface area contributed by atoms with E-state index in [0.29, 0.717) is 26.1 Å². The van der Waals surface area contributed by atoms with Gasteiger partial charge in [-0.05, 0) is 81.8 Å².